The Balaban J connectivity index is 2.29. The highest BCUT2D eigenvalue weighted by atomic mass is 32.1. The monoisotopic (exact) mass is 321 g/mol. The molecule has 22 heavy (non-hydrogen) atoms. The lowest BCUT2D eigenvalue weighted by Gasteiger charge is -2.23. The largest absolute Gasteiger partial charge is 0.497 e. The van der Waals surface area contributed by atoms with Gasteiger partial charge in [0.05, 0.1) is 19.2 Å². The van der Waals surface area contributed by atoms with E-state index in [4.69, 9.17) is 14.6 Å². The predicted molar refractivity (Wildman–Crippen MR) is 85.3 cm³/mol. The summed E-state index contributed by atoms with van der Waals surface area (Å²) in [5.74, 6) is 0.489. The summed E-state index contributed by atoms with van der Waals surface area (Å²) >= 11 is 1.37. The van der Waals surface area contributed by atoms with Crippen molar-refractivity contribution in [2.24, 2.45) is 0 Å². The molecule has 0 aliphatic rings. The number of aromatic nitrogens is 1. The van der Waals surface area contributed by atoms with Crippen molar-refractivity contribution in [1.82, 2.24) is 4.98 Å². The van der Waals surface area contributed by atoms with Gasteiger partial charge < -0.3 is 14.6 Å². The number of carboxylic acids is 1. The topological polar surface area (TPSA) is 68.7 Å². The molecule has 0 radical (unpaired) electrons. The summed E-state index contributed by atoms with van der Waals surface area (Å²) in [7, 11) is 3.23. The van der Waals surface area contributed by atoms with E-state index in [0.29, 0.717) is 6.42 Å². The molecule has 2 aromatic rings. The summed E-state index contributed by atoms with van der Waals surface area (Å²) in [6.07, 6.45) is 0.687. The highest BCUT2D eigenvalue weighted by molar-refractivity contribution is 7.10. The maximum Gasteiger partial charge on any atom is 0.355 e. The van der Waals surface area contributed by atoms with Crippen molar-refractivity contribution in [3.63, 3.8) is 0 Å². The van der Waals surface area contributed by atoms with Gasteiger partial charge in [-0.2, -0.15) is 0 Å². The number of rotatable bonds is 6. The number of hydrogen-bond donors (Lipinski definition) is 1. The van der Waals surface area contributed by atoms with Crippen molar-refractivity contribution in [2.75, 3.05) is 14.2 Å². The van der Waals surface area contributed by atoms with Crippen molar-refractivity contribution < 1.29 is 19.4 Å². The summed E-state index contributed by atoms with van der Waals surface area (Å²) in [5, 5.41) is 11.4. The van der Waals surface area contributed by atoms with Crippen LogP contribution < -0.4 is 9.47 Å². The first kappa shape index (κ1) is 16.3. The quantitative estimate of drug-likeness (QED) is 0.883. The van der Waals surface area contributed by atoms with Gasteiger partial charge in [-0.1, -0.05) is 19.9 Å². The first-order valence-electron chi connectivity index (χ1n) is 6.77. The number of methoxy groups -OCH3 is 2. The molecular formula is C16H19NO4S. The fraction of sp³-hybridized carbons (Fsp3) is 0.375. The standard InChI is InChI=1S/C16H19NO4S/c1-16(2,15-17-12(9-22-15)14(18)19)8-10-5-6-11(20-3)7-13(10)21-4/h5-7,9H,8H2,1-4H3,(H,18,19). The molecule has 0 aliphatic heterocycles. The molecule has 0 saturated carbocycles. The Bertz CT molecular complexity index is 679. The first-order chi connectivity index (χ1) is 10.4. The molecule has 1 heterocycles. The minimum Gasteiger partial charge on any atom is -0.497 e. The van der Waals surface area contributed by atoms with Gasteiger partial charge in [-0.25, -0.2) is 9.78 Å². The lowest BCUT2D eigenvalue weighted by Crippen LogP contribution is -2.21. The van der Waals surface area contributed by atoms with E-state index < -0.39 is 5.97 Å². The summed E-state index contributed by atoms with van der Waals surface area (Å²) in [5.41, 5.74) is 0.829. The van der Waals surface area contributed by atoms with E-state index in [1.165, 1.54) is 11.3 Å². The van der Waals surface area contributed by atoms with Crippen molar-refractivity contribution >= 4 is 17.3 Å². The van der Waals surface area contributed by atoms with Gasteiger partial charge >= 0.3 is 5.97 Å². The third-order valence-corrected chi connectivity index (χ3v) is 4.64. The van der Waals surface area contributed by atoms with Crippen LogP contribution in [-0.2, 0) is 11.8 Å². The third kappa shape index (κ3) is 3.39. The van der Waals surface area contributed by atoms with Gasteiger partial charge in [-0.15, -0.1) is 11.3 Å². The zero-order valence-electron chi connectivity index (χ0n) is 13.0. The summed E-state index contributed by atoms with van der Waals surface area (Å²) < 4.78 is 10.6. The van der Waals surface area contributed by atoms with Crippen LogP contribution in [0.1, 0.15) is 34.9 Å². The summed E-state index contributed by atoms with van der Waals surface area (Å²) in [6, 6.07) is 5.69. The molecular weight excluding hydrogens is 302 g/mol. The Labute approximate surface area is 133 Å². The molecule has 118 valence electrons. The molecule has 6 heteroatoms. The Kier molecular flexibility index (Phi) is 4.71. The molecule has 1 aromatic heterocycles. The van der Waals surface area contributed by atoms with Crippen LogP contribution in [0.5, 0.6) is 11.5 Å². The Morgan fingerprint density at radius 1 is 1.32 bits per heavy atom. The SMILES string of the molecule is COc1ccc(CC(C)(C)c2nc(C(=O)O)cs2)c(OC)c1. The minimum absolute atomic E-state index is 0.0924. The maximum atomic E-state index is 11.0. The molecule has 1 N–H and O–H groups in total. The molecule has 2 rings (SSSR count). The molecule has 0 unspecified atom stereocenters. The number of carbonyl (C=O) groups is 1. The van der Waals surface area contributed by atoms with Crippen LogP contribution >= 0.6 is 11.3 Å². The van der Waals surface area contributed by atoms with Gasteiger partial charge in [0.15, 0.2) is 5.69 Å². The Morgan fingerprint density at radius 2 is 2.05 bits per heavy atom. The highest BCUT2D eigenvalue weighted by Gasteiger charge is 2.27. The predicted octanol–water partition coefficient (Wildman–Crippen LogP) is 3.38. The van der Waals surface area contributed by atoms with E-state index in [-0.39, 0.29) is 11.1 Å². The average Bonchev–Trinajstić information content (AvgIpc) is 2.98. The average molecular weight is 321 g/mol. The van der Waals surface area contributed by atoms with Crippen LogP contribution in [0.15, 0.2) is 23.6 Å². The van der Waals surface area contributed by atoms with Gasteiger partial charge in [-0.3, -0.25) is 0 Å². The lowest BCUT2D eigenvalue weighted by atomic mass is 9.86. The second kappa shape index (κ2) is 6.36. The summed E-state index contributed by atoms with van der Waals surface area (Å²) in [6.45, 7) is 4.09. The number of hydrogen-bond acceptors (Lipinski definition) is 5. The van der Waals surface area contributed by atoms with E-state index in [0.717, 1.165) is 22.1 Å². The zero-order valence-corrected chi connectivity index (χ0v) is 13.9. The van der Waals surface area contributed by atoms with Gasteiger partial charge in [0, 0.05) is 16.9 Å². The van der Waals surface area contributed by atoms with Crippen LogP contribution in [0.2, 0.25) is 0 Å². The van der Waals surface area contributed by atoms with E-state index in [9.17, 15) is 4.79 Å². The molecule has 0 fully saturated rings. The number of thiazole rings is 1. The maximum absolute atomic E-state index is 11.0. The van der Waals surface area contributed by atoms with Crippen molar-refractivity contribution in [3.05, 3.63) is 39.8 Å². The highest BCUT2D eigenvalue weighted by Crippen LogP contribution is 2.34. The fourth-order valence-electron chi connectivity index (χ4n) is 2.23. The number of ether oxygens (including phenoxy) is 2. The van der Waals surface area contributed by atoms with Gasteiger partial charge in [0.2, 0.25) is 0 Å². The van der Waals surface area contributed by atoms with Crippen molar-refractivity contribution in [2.45, 2.75) is 25.7 Å². The summed E-state index contributed by atoms with van der Waals surface area (Å²) in [4.78, 5) is 15.2. The third-order valence-electron chi connectivity index (χ3n) is 3.43. The number of carboxylic acid groups (broad SMARTS) is 1. The van der Waals surface area contributed by atoms with E-state index >= 15 is 0 Å². The zero-order chi connectivity index (χ0) is 16.3. The number of aromatic carboxylic acids is 1. The molecule has 0 saturated heterocycles. The van der Waals surface area contributed by atoms with Crippen LogP contribution in [0.4, 0.5) is 0 Å². The molecule has 0 atom stereocenters. The van der Waals surface area contributed by atoms with E-state index in [2.05, 4.69) is 4.98 Å². The molecule has 0 amide bonds. The number of nitrogens with zero attached hydrogens (tertiary/aromatic N) is 1. The van der Waals surface area contributed by atoms with Gasteiger partial charge in [0.25, 0.3) is 0 Å². The second-order valence-corrected chi connectivity index (χ2v) is 6.44. The molecule has 0 spiro atoms. The minimum atomic E-state index is -1.000. The molecule has 0 bridgehead atoms. The van der Waals surface area contributed by atoms with E-state index in [1.807, 2.05) is 32.0 Å². The van der Waals surface area contributed by atoms with Crippen molar-refractivity contribution in [1.29, 1.82) is 0 Å². The Morgan fingerprint density at radius 3 is 2.59 bits per heavy atom. The Hall–Kier alpha value is -2.08. The van der Waals surface area contributed by atoms with Crippen molar-refractivity contribution in [3.8, 4) is 11.5 Å². The van der Waals surface area contributed by atoms with E-state index in [1.54, 1.807) is 19.6 Å². The lowest BCUT2D eigenvalue weighted by molar-refractivity contribution is 0.0691. The molecule has 0 aliphatic carbocycles. The molecule has 1 aromatic carbocycles. The first-order valence-corrected chi connectivity index (χ1v) is 7.65. The van der Waals surface area contributed by atoms with Crippen LogP contribution in [0, 0.1) is 0 Å². The normalized spacial score (nSPS) is 11.3. The van der Waals surface area contributed by atoms with Gasteiger partial charge in [-0.05, 0) is 18.1 Å². The number of benzene rings is 1. The van der Waals surface area contributed by atoms with Gasteiger partial charge in [0.1, 0.15) is 11.5 Å². The van der Waals surface area contributed by atoms with Crippen LogP contribution in [0.25, 0.3) is 0 Å². The second-order valence-electron chi connectivity index (χ2n) is 5.58. The molecule has 5 nitrogen and oxygen atoms in total. The van der Waals surface area contributed by atoms with Crippen LogP contribution in [-0.4, -0.2) is 30.3 Å². The smallest absolute Gasteiger partial charge is 0.355 e. The van der Waals surface area contributed by atoms with Crippen LogP contribution in [0.3, 0.4) is 0 Å². The fourth-order valence-corrected chi connectivity index (χ4v) is 3.15.